The van der Waals surface area contributed by atoms with E-state index in [9.17, 15) is 35.9 Å². The van der Waals surface area contributed by atoms with Gasteiger partial charge in [0.1, 0.15) is 5.78 Å². The van der Waals surface area contributed by atoms with Gasteiger partial charge in [0.15, 0.2) is 0 Å². The number of halogens is 8. The largest absolute Gasteiger partial charge is 0.416 e. The molecule has 2 aliphatic heterocycles. The highest BCUT2D eigenvalue weighted by atomic mass is 35.5. The molecular weight excluding hydrogens is 619 g/mol. The smallest absolute Gasteiger partial charge is 0.333 e. The maximum Gasteiger partial charge on any atom is 0.416 e. The molecule has 2 saturated heterocycles. The molecule has 1 amide bonds. The molecule has 2 heterocycles. The quantitative estimate of drug-likeness (QED) is 0.286. The number of Topliss-reactive ketones (excluding diaryl/α,β-unsaturated/α-hetero) is 1. The fraction of sp³-hybridized carbons (Fsp3) is 0.533. The van der Waals surface area contributed by atoms with Gasteiger partial charge in [-0.1, -0.05) is 29.3 Å². The van der Waals surface area contributed by atoms with Crippen molar-refractivity contribution < 1.29 is 35.9 Å². The topological polar surface area (TPSA) is 43.9 Å². The summed E-state index contributed by atoms with van der Waals surface area (Å²) in [6, 6.07) is 5.42. The Morgan fingerprint density at radius 1 is 0.814 bits per heavy atom. The van der Waals surface area contributed by atoms with Crippen molar-refractivity contribution in [2.75, 3.05) is 45.8 Å². The number of likely N-dealkylation sites (tertiary alicyclic amines) is 1. The number of amides is 1. The molecule has 2 aromatic carbocycles. The normalized spacial score (nSPS) is 19.6. The average Bonchev–Trinajstić information content (AvgIpc) is 2.94. The Hall–Kier alpha value is -2.34. The van der Waals surface area contributed by atoms with Crippen molar-refractivity contribution in [1.29, 1.82) is 0 Å². The lowest BCUT2D eigenvalue weighted by molar-refractivity contribution is -0.143. The average molecular weight is 653 g/mol. The van der Waals surface area contributed by atoms with Gasteiger partial charge >= 0.3 is 12.4 Å². The van der Waals surface area contributed by atoms with E-state index in [-0.39, 0.29) is 30.7 Å². The molecule has 0 saturated carbocycles. The number of nitrogens with zero attached hydrogens (tertiary/aromatic N) is 3. The first-order chi connectivity index (χ1) is 20.1. The highest BCUT2D eigenvalue weighted by Crippen LogP contribution is 2.37. The third kappa shape index (κ3) is 8.86. The minimum atomic E-state index is -5.06. The van der Waals surface area contributed by atoms with E-state index in [4.69, 9.17) is 23.2 Å². The first-order valence-corrected chi connectivity index (χ1v) is 14.9. The van der Waals surface area contributed by atoms with Crippen LogP contribution in [0.5, 0.6) is 0 Å². The zero-order valence-electron chi connectivity index (χ0n) is 23.6. The molecule has 1 atom stereocenters. The summed E-state index contributed by atoms with van der Waals surface area (Å²) in [5, 5.41) is 0.630. The molecule has 43 heavy (non-hydrogen) atoms. The molecular formula is C30H33Cl2F6N3O2. The predicted molar refractivity (Wildman–Crippen MR) is 152 cm³/mol. The standard InChI is InChI=1S/C30H33Cl2F6N3O2/c1-19(42)21-5-9-39(10-6-21)7-2-8-40-11-12-41(25(18-40)13-20-3-4-26(31)27(32)14-20)28(43)22-15-23(29(33,34)35)17-24(16-22)30(36,37)38/h3-4,14-17,21,25H,2,5-13,18H2,1H3/t25-/m1/s1. The molecule has 4 rings (SSSR count). The summed E-state index contributed by atoms with van der Waals surface area (Å²) < 4.78 is 81.0. The SMILES string of the molecule is CC(=O)C1CCN(CCCN2CCN(C(=O)c3cc(C(F)(F)F)cc(C(F)(F)F)c3)[C@H](Cc3ccc(Cl)c(Cl)c3)C2)CC1. The van der Waals surface area contributed by atoms with Crippen molar-refractivity contribution in [3.63, 3.8) is 0 Å². The third-order valence-electron chi connectivity index (χ3n) is 8.23. The number of piperazine rings is 1. The zero-order valence-corrected chi connectivity index (χ0v) is 25.1. The number of carbonyl (C=O) groups excluding carboxylic acids is 2. The van der Waals surface area contributed by atoms with Crippen LogP contribution in [0.25, 0.3) is 0 Å². The summed E-state index contributed by atoms with van der Waals surface area (Å²) in [5.74, 6) is -0.553. The van der Waals surface area contributed by atoms with E-state index in [1.165, 1.54) is 4.90 Å². The molecule has 0 bridgehead atoms. The van der Waals surface area contributed by atoms with Gasteiger partial charge in [-0.3, -0.25) is 14.5 Å². The Balaban J connectivity index is 1.51. The van der Waals surface area contributed by atoms with E-state index in [0.717, 1.165) is 44.5 Å². The molecule has 13 heteroatoms. The number of benzene rings is 2. The van der Waals surface area contributed by atoms with Gasteiger partial charge in [-0.05, 0) is 94.7 Å². The highest BCUT2D eigenvalue weighted by Gasteiger charge is 2.39. The van der Waals surface area contributed by atoms with Crippen LogP contribution < -0.4 is 0 Å². The Kier molecular flexibility index (Phi) is 10.7. The lowest BCUT2D eigenvalue weighted by atomic mass is 9.93. The molecule has 0 spiro atoms. The molecule has 5 nitrogen and oxygen atoms in total. The summed E-state index contributed by atoms with van der Waals surface area (Å²) in [5.41, 5.74) is -2.99. The Bertz CT molecular complexity index is 1280. The summed E-state index contributed by atoms with van der Waals surface area (Å²) >= 11 is 12.2. The van der Waals surface area contributed by atoms with Crippen LogP contribution >= 0.6 is 23.2 Å². The van der Waals surface area contributed by atoms with Crippen LogP contribution in [0.3, 0.4) is 0 Å². The number of ketones is 1. The van der Waals surface area contributed by atoms with Crippen molar-refractivity contribution in [2.45, 2.75) is 51.0 Å². The van der Waals surface area contributed by atoms with Crippen molar-refractivity contribution in [2.24, 2.45) is 5.92 Å². The fourth-order valence-electron chi connectivity index (χ4n) is 5.83. The summed E-state index contributed by atoms with van der Waals surface area (Å²) in [4.78, 5) is 31.1. The maximum absolute atomic E-state index is 13.6. The Morgan fingerprint density at radius 2 is 1.42 bits per heavy atom. The zero-order chi connectivity index (χ0) is 31.5. The van der Waals surface area contributed by atoms with E-state index < -0.39 is 41.0 Å². The van der Waals surface area contributed by atoms with Crippen molar-refractivity contribution >= 4 is 34.9 Å². The number of rotatable bonds is 8. The Labute approximate surface area is 256 Å². The molecule has 0 aromatic heterocycles. The van der Waals surface area contributed by atoms with Crippen LogP contribution in [0.15, 0.2) is 36.4 Å². The van der Waals surface area contributed by atoms with Crippen molar-refractivity contribution in [1.82, 2.24) is 14.7 Å². The monoisotopic (exact) mass is 651 g/mol. The molecule has 2 aliphatic rings. The van der Waals surface area contributed by atoms with Crippen LogP contribution in [0.2, 0.25) is 10.0 Å². The van der Waals surface area contributed by atoms with Crippen molar-refractivity contribution in [3.05, 3.63) is 68.7 Å². The Morgan fingerprint density at radius 3 is 1.98 bits per heavy atom. The van der Waals surface area contributed by atoms with E-state index in [1.807, 2.05) is 0 Å². The van der Waals surface area contributed by atoms with Gasteiger partial charge < -0.3 is 9.80 Å². The van der Waals surface area contributed by atoms with E-state index >= 15 is 0 Å². The van der Waals surface area contributed by atoms with Gasteiger partial charge in [0.05, 0.1) is 21.2 Å². The third-order valence-corrected chi connectivity index (χ3v) is 8.97. The summed E-state index contributed by atoms with van der Waals surface area (Å²) in [6.07, 6.45) is -7.32. The van der Waals surface area contributed by atoms with Crippen LogP contribution in [-0.2, 0) is 23.6 Å². The van der Waals surface area contributed by atoms with E-state index in [2.05, 4.69) is 9.80 Å². The molecule has 2 aromatic rings. The number of hydrogen-bond donors (Lipinski definition) is 0. The fourth-order valence-corrected chi connectivity index (χ4v) is 6.15. The maximum atomic E-state index is 13.6. The lowest BCUT2D eigenvalue weighted by Crippen LogP contribution is -2.56. The van der Waals surface area contributed by atoms with Gasteiger partial charge in [-0.2, -0.15) is 26.3 Å². The van der Waals surface area contributed by atoms with Gasteiger partial charge in [-0.15, -0.1) is 0 Å². The molecule has 236 valence electrons. The van der Waals surface area contributed by atoms with E-state index in [1.54, 1.807) is 25.1 Å². The number of carbonyl (C=O) groups is 2. The number of alkyl halides is 6. The predicted octanol–water partition coefficient (Wildman–Crippen LogP) is 7.09. The second-order valence-corrected chi connectivity index (χ2v) is 12.1. The number of hydrogen-bond acceptors (Lipinski definition) is 4. The van der Waals surface area contributed by atoms with Gasteiger partial charge in [0.2, 0.25) is 0 Å². The lowest BCUT2D eigenvalue weighted by Gasteiger charge is -2.42. The minimum Gasteiger partial charge on any atom is -0.333 e. The summed E-state index contributed by atoms with van der Waals surface area (Å²) in [6.45, 7) is 5.80. The summed E-state index contributed by atoms with van der Waals surface area (Å²) in [7, 11) is 0. The van der Waals surface area contributed by atoms with Gasteiger partial charge in [0, 0.05) is 37.2 Å². The minimum absolute atomic E-state index is 0.0184. The second kappa shape index (κ2) is 13.7. The molecule has 2 fully saturated rings. The van der Waals surface area contributed by atoms with Crippen LogP contribution in [0.1, 0.15) is 53.2 Å². The van der Waals surface area contributed by atoms with Crippen LogP contribution in [0, 0.1) is 5.92 Å². The molecule has 0 aliphatic carbocycles. The van der Waals surface area contributed by atoms with Crippen LogP contribution in [0.4, 0.5) is 26.3 Å². The molecule has 0 unspecified atom stereocenters. The first-order valence-electron chi connectivity index (χ1n) is 14.1. The highest BCUT2D eigenvalue weighted by molar-refractivity contribution is 6.42. The second-order valence-electron chi connectivity index (χ2n) is 11.3. The van der Waals surface area contributed by atoms with Crippen LogP contribution in [-0.4, -0.2) is 78.2 Å². The molecule has 0 radical (unpaired) electrons. The first kappa shape index (κ1) is 33.6. The van der Waals surface area contributed by atoms with Gasteiger partial charge in [-0.25, -0.2) is 0 Å². The molecule has 0 N–H and O–H groups in total. The number of piperidine rings is 1. The van der Waals surface area contributed by atoms with Gasteiger partial charge in [0.25, 0.3) is 5.91 Å². The van der Waals surface area contributed by atoms with E-state index in [0.29, 0.717) is 41.8 Å². The van der Waals surface area contributed by atoms with Crippen molar-refractivity contribution in [3.8, 4) is 0 Å².